The van der Waals surface area contributed by atoms with Crippen LogP contribution in [0.2, 0.25) is 0 Å². The summed E-state index contributed by atoms with van der Waals surface area (Å²) in [6.45, 7) is 26.0. The highest BCUT2D eigenvalue weighted by atomic mass is 32.1. The fourth-order valence-electron chi connectivity index (χ4n) is 15.5. The van der Waals surface area contributed by atoms with Crippen LogP contribution in [0.4, 0.5) is 0 Å². The van der Waals surface area contributed by atoms with Gasteiger partial charge in [0.05, 0.1) is 26.4 Å². The molecule has 0 saturated heterocycles. The maximum atomic E-state index is 6.49. The van der Waals surface area contributed by atoms with Gasteiger partial charge in [-0.2, -0.15) is 0 Å². The van der Waals surface area contributed by atoms with Gasteiger partial charge < -0.3 is 18.9 Å². The number of benzene rings is 8. The summed E-state index contributed by atoms with van der Waals surface area (Å²) in [5.74, 6) is 6.08. The van der Waals surface area contributed by atoms with Crippen molar-refractivity contribution in [2.45, 2.75) is 242 Å². The van der Waals surface area contributed by atoms with Gasteiger partial charge in [0.25, 0.3) is 0 Å². The molecule has 0 amide bonds. The molecular formula is C97H124O4S. The maximum absolute atomic E-state index is 6.49. The molecule has 102 heavy (non-hydrogen) atoms. The van der Waals surface area contributed by atoms with Crippen molar-refractivity contribution in [3.63, 3.8) is 0 Å². The van der Waals surface area contributed by atoms with Crippen molar-refractivity contribution in [2.75, 3.05) is 26.4 Å². The third-order valence-electron chi connectivity index (χ3n) is 22.5. The molecule has 4 nitrogen and oxygen atoms in total. The van der Waals surface area contributed by atoms with Crippen LogP contribution in [0.5, 0.6) is 23.0 Å². The fraction of sp³-hybridized carbons (Fsp3) is 0.464. The topological polar surface area (TPSA) is 36.9 Å². The zero-order chi connectivity index (χ0) is 71.5. The Morgan fingerprint density at radius 1 is 0.255 bits per heavy atom. The molecule has 8 aromatic carbocycles. The molecule has 10 rings (SSSR count). The highest BCUT2D eigenvalue weighted by Crippen LogP contribution is 2.57. The zero-order valence-electron chi connectivity index (χ0n) is 64.4. The second-order valence-electron chi connectivity index (χ2n) is 30.0. The maximum Gasteiger partial charge on any atom is 0.119 e. The van der Waals surface area contributed by atoms with Crippen LogP contribution in [0.15, 0.2) is 182 Å². The van der Waals surface area contributed by atoms with E-state index in [-0.39, 0.29) is 5.41 Å². The average Bonchev–Trinajstić information content (AvgIpc) is 1.56. The van der Waals surface area contributed by atoms with E-state index in [4.69, 9.17) is 18.9 Å². The standard InChI is InChI=1S/C97H124O4S/c1-11-21-27-29-57-97(58-30-28-22-12-2)93-65-79(85-61-81(75-35-45-87(46-36-75)98-67-71(17-7)31-23-13-3)59-82(62-85)76-37-47-88(48-38-76)99-68-72(18-8)32-24-14-4)43-53-91(93)92-54-44-80(66-94(92)97)95-55-56-96(102-95)86-63-83(77-39-49-89(50-40-77)100-69-73(19-9)33-25-15-5)60-84(64-86)78-41-51-90(52-42-78)101-70-74(20-10)34-26-16-6/h35-56,59-66,71-74H,11-34,57-58,67-70H2,1-10H3. The third kappa shape index (κ3) is 20.8. The summed E-state index contributed by atoms with van der Waals surface area (Å²) >= 11 is 1.92. The van der Waals surface area contributed by atoms with E-state index >= 15 is 0 Å². The Morgan fingerprint density at radius 3 is 0.843 bits per heavy atom. The molecule has 4 unspecified atom stereocenters. The molecule has 1 aliphatic rings. The van der Waals surface area contributed by atoms with Crippen molar-refractivity contribution < 1.29 is 18.9 Å². The Bertz CT molecular complexity index is 3750. The van der Waals surface area contributed by atoms with Crippen molar-refractivity contribution in [2.24, 2.45) is 23.7 Å². The first kappa shape index (κ1) is 77.3. The van der Waals surface area contributed by atoms with Crippen LogP contribution in [-0.4, -0.2) is 26.4 Å². The number of unbranched alkanes of at least 4 members (excludes halogenated alkanes) is 10. The Morgan fingerprint density at radius 2 is 0.529 bits per heavy atom. The number of ether oxygens (including phenoxy) is 4. The van der Waals surface area contributed by atoms with Crippen LogP contribution in [0.25, 0.3) is 87.6 Å². The Hall–Kier alpha value is -7.34. The lowest BCUT2D eigenvalue weighted by atomic mass is 9.70. The molecular weight excluding hydrogens is 1260 g/mol. The predicted octanol–water partition coefficient (Wildman–Crippen LogP) is 30.0. The van der Waals surface area contributed by atoms with E-state index in [1.54, 1.807) is 0 Å². The number of fused-ring (bicyclic) bond motifs is 3. The van der Waals surface area contributed by atoms with E-state index in [0.717, 1.165) is 88.0 Å². The molecule has 0 radical (unpaired) electrons. The smallest absolute Gasteiger partial charge is 0.119 e. The monoisotopic (exact) mass is 1380 g/mol. The number of thiophene rings is 1. The molecule has 1 aromatic heterocycles. The van der Waals surface area contributed by atoms with E-state index in [1.807, 2.05) is 11.3 Å². The number of rotatable bonds is 45. The van der Waals surface area contributed by atoms with Crippen LogP contribution < -0.4 is 18.9 Å². The molecule has 0 aliphatic heterocycles. The van der Waals surface area contributed by atoms with Gasteiger partial charge in [-0.25, -0.2) is 0 Å². The van der Waals surface area contributed by atoms with Gasteiger partial charge in [0, 0.05) is 15.2 Å². The summed E-state index contributed by atoms with van der Waals surface area (Å²) in [6, 6.07) is 69.9. The van der Waals surface area contributed by atoms with Crippen LogP contribution in [0, 0.1) is 23.7 Å². The largest absolute Gasteiger partial charge is 0.493 e. The molecule has 0 spiro atoms. The molecule has 542 valence electrons. The SMILES string of the molecule is CCCCCCC1(CCCCCC)c2cc(-c3cc(-c4ccc(OCC(CC)CCCC)cc4)cc(-c4ccc(OCC(CC)CCCC)cc4)c3)ccc2-c2ccc(-c3ccc(-c4cc(-c5ccc(OCC(CC)CCCC)cc5)cc(-c5ccc(OCC(CC)CCCC)cc5)c4)s3)cc21. The van der Waals surface area contributed by atoms with Gasteiger partial charge in [-0.3, -0.25) is 0 Å². The number of hydrogen-bond acceptors (Lipinski definition) is 5. The molecule has 0 saturated carbocycles. The minimum atomic E-state index is -0.130. The lowest BCUT2D eigenvalue weighted by Gasteiger charge is -2.33. The fourth-order valence-corrected chi connectivity index (χ4v) is 16.5. The Balaban J connectivity index is 1.02. The quantitative estimate of drug-likeness (QED) is 0.0357. The Kier molecular flexibility index (Phi) is 30.4. The van der Waals surface area contributed by atoms with E-state index in [0.29, 0.717) is 23.7 Å². The first-order valence-corrected chi connectivity index (χ1v) is 41.5. The van der Waals surface area contributed by atoms with Gasteiger partial charge in [0.1, 0.15) is 23.0 Å². The highest BCUT2D eigenvalue weighted by Gasteiger charge is 2.43. The van der Waals surface area contributed by atoms with Crippen molar-refractivity contribution in [1.82, 2.24) is 0 Å². The molecule has 5 heteroatoms. The van der Waals surface area contributed by atoms with Crippen LogP contribution in [0.1, 0.15) is 247 Å². The van der Waals surface area contributed by atoms with Gasteiger partial charge in [0.2, 0.25) is 0 Å². The van der Waals surface area contributed by atoms with Gasteiger partial charge in [0.15, 0.2) is 0 Å². The summed E-state index contributed by atoms with van der Waals surface area (Å²) in [4.78, 5) is 2.57. The lowest BCUT2D eigenvalue weighted by Crippen LogP contribution is -2.25. The summed E-state index contributed by atoms with van der Waals surface area (Å²) in [5.41, 5.74) is 20.3. The van der Waals surface area contributed by atoms with Gasteiger partial charge in [-0.1, -0.05) is 270 Å². The van der Waals surface area contributed by atoms with Crippen molar-refractivity contribution in [3.8, 4) is 111 Å². The molecule has 1 heterocycles. The van der Waals surface area contributed by atoms with Gasteiger partial charge in [-0.05, 0) is 260 Å². The van der Waals surface area contributed by atoms with Crippen LogP contribution in [0.3, 0.4) is 0 Å². The first-order chi connectivity index (χ1) is 50.1. The van der Waals surface area contributed by atoms with Crippen LogP contribution in [-0.2, 0) is 5.41 Å². The molecule has 0 N–H and O–H groups in total. The molecule has 0 fully saturated rings. The van der Waals surface area contributed by atoms with E-state index in [1.165, 1.54) is 227 Å². The average molecular weight is 1390 g/mol. The zero-order valence-corrected chi connectivity index (χ0v) is 65.2. The minimum absolute atomic E-state index is 0.130. The minimum Gasteiger partial charge on any atom is -0.493 e. The Labute approximate surface area is 621 Å². The van der Waals surface area contributed by atoms with Crippen molar-refractivity contribution in [1.29, 1.82) is 0 Å². The van der Waals surface area contributed by atoms with Crippen molar-refractivity contribution in [3.05, 3.63) is 193 Å². The predicted molar refractivity (Wildman–Crippen MR) is 441 cm³/mol. The highest BCUT2D eigenvalue weighted by molar-refractivity contribution is 7.18. The lowest BCUT2D eigenvalue weighted by molar-refractivity contribution is 0.233. The second-order valence-corrected chi connectivity index (χ2v) is 31.1. The summed E-state index contributed by atoms with van der Waals surface area (Å²) in [5, 5.41) is 0. The van der Waals surface area contributed by atoms with Gasteiger partial charge >= 0.3 is 0 Å². The van der Waals surface area contributed by atoms with E-state index < -0.39 is 0 Å². The molecule has 1 aliphatic carbocycles. The third-order valence-corrected chi connectivity index (χ3v) is 23.7. The van der Waals surface area contributed by atoms with E-state index in [9.17, 15) is 0 Å². The van der Waals surface area contributed by atoms with Crippen molar-refractivity contribution >= 4 is 11.3 Å². The normalized spacial score (nSPS) is 13.5. The second kappa shape index (κ2) is 40.1. The van der Waals surface area contributed by atoms with Gasteiger partial charge in [-0.15, -0.1) is 11.3 Å². The summed E-state index contributed by atoms with van der Waals surface area (Å²) in [7, 11) is 0. The molecule has 0 bridgehead atoms. The summed E-state index contributed by atoms with van der Waals surface area (Å²) in [6.07, 6.45) is 31.4. The molecule has 4 atom stereocenters. The molecule has 9 aromatic rings. The number of hydrogen-bond donors (Lipinski definition) is 0. The van der Waals surface area contributed by atoms with Crippen LogP contribution >= 0.6 is 11.3 Å². The summed E-state index contributed by atoms with van der Waals surface area (Å²) < 4.78 is 25.9. The van der Waals surface area contributed by atoms with E-state index in [2.05, 4.69) is 251 Å². The first-order valence-electron chi connectivity index (χ1n) is 40.7.